The normalized spacial score (nSPS) is 13.1. The summed E-state index contributed by atoms with van der Waals surface area (Å²) >= 11 is 0. The highest BCUT2D eigenvalue weighted by atomic mass is 32.2. The standard InChI is InChI=1S/C28H28FN7S/c1-17(21-15-30-31-16-21)9-10-24-18(2)26(36-35-24)28-33-25-8-6-7-23(27(25)34-28)20-11-19(12-22(29)13-20)14-32-37(3,4)5/h6-13,15-16,32,35H,2-4,14H2,1,5H3,(H,30,31)(H,33,34)/b17-9+,24-10+. The predicted molar refractivity (Wildman–Crippen MR) is 155 cm³/mol. The van der Waals surface area contributed by atoms with Gasteiger partial charge in [-0.3, -0.25) is 14.9 Å². The second kappa shape index (κ2) is 9.68. The number of imidazole rings is 1. The Labute approximate surface area is 214 Å². The molecule has 0 bridgehead atoms. The molecule has 5 aromatic rings. The van der Waals surface area contributed by atoms with E-state index in [1.54, 1.807) is 6.20 Å². The Kier molecular flexibility index (Phi) is 6.41. The van der Waals surface area contributed by atoms with E-state index in [0.29, 0.717) is 18.1 Å². The number of fused-ring (bicyclic) bond motifs is 1. The summed E-state index contributed by atoms with van der Waals surface area (Å²) in [5, 5.41) is 15.8. The molecule has 0 unspecified atom stereocenters. The summed E-state index contributed by atoms with van der Waals surface area (Å²) in [7, 11) is -1.41. The van der Waals surface area contributed by atoms with Gasteiger partial charge in [0.25, 0.3) is 0 Å². The van der Waals surface area contributed by atoms with Crippen LogP contribution < -0.4 is 15.3 Å². The lowest BCUT2D eigenvalue weighted by atomic mass is 10.0. The Balaban J connectivity index is 1.52. The van der Waals surface area contributed by atoms with E-state index >= 15 is 0 Å². The summed E-state index contributed by atoms with van der Waals surface area (Å²) in [6.45, 7) is 6.71. The Morgan fingerprint density at radius 3 is 2.81 bits per heavy atom. The van der Waals surface area contributed by atoms with Crippen LogP contribution in [0.25, 0.3) is 51.9 Å². The molecule has 0 saturated carbocycles. The van der Waals surface area contributed by atoms with Crippen molar-refractivity contribution in [1.29, 1.82) is 0 Å². The zero-order valence-electron chi connectivity index (χ0n) is 20.7. The van der Waals surface area contributed by atoms with Crippen LogP contribution >= 0.6 is 9.39 Å². The Morgan fingerprint density at radius 2 is 2.05 bits per heavy atom. The molecule has 0 fully saturated rings. The van der Waals surface area contributed by atoms with E-state index in [9.17, 15) is 4.39 Å². The first-order chi connectivity index (χ1) is 17.7. The number of halogens is 1. The van der Waals surface area contributed by atoms with E-state index in [1.807, 2.05) is 55.8 Å². The first-order valence-corrected chi connectivity index (χ1v) is 13.9. The van der Waals surface area contributed by atoms with Crippen LogP contribution in [0.2, 0.25) is 0 Å². The summed E-state index contributed by atoms with van der Waals surface area (Å²) in [5.41, 5.74) is 6.64. The van der Waals surface area contributed by atoms with Crippen LogP contribution in [-0.2, 0) is 6.54 Å². The van der Waals surface area contributed by atoms with Gasteiger partial charge in [-0.05, 0) is 60.2 Å². The van der Waals surface area contributed by atoms with Gasteiger partial charge in [0.2, 0.25) is 0 Å². The van der Waals surface area contributed by atoms with Gasteiger partial charge < -0.3 is 4.98 Å². The Bertz CT molecular complexity index is 1840. The Hall–Kier alpha value is -4.21. The SMILES string of the molecule is C=c1c(-c2nc3c(-c4cc(F)cc(CNS(=C)(=C)C)c4)cccc3[nH]2)n[nH]/c1=C/C=C(\C)c1cn[nH]c1. The van der Waals surface area contributed by atoms with Crippen molar-refractivity contribution in [2.24, 2.45) is 0 Å². The van der Waals surface area contributed by atoms with Gasteiger partial charge in [0.05, 0.1) is 22.6 Å². The third kappa shape index (κ3) is 5.32. The zero-order chi connectivity index (χ0) is 26.2. The molecule has 0 amide bonds. The Morgan fingerprint density at radius 1 is 1.22 bits per heavy atom. The van der Waals surface area contributed by atoms with Gasteiger partial charge in [-0.25, -0.2) is 9.37 Å². The first kappa shape index (κ1) is 24.5. The third-order valence-electron chi connectivity index (χ3n) is 5.98. The fraction of sp³-hybridized carbons (Fsp3) is 0.107. The highest BCUT2D eigenvalue weighted by Crippen LogP contribution is 2.30. The molecular weight excluding hydrogens is 485 g/mol. The molecule has 0 spiro atoms. The van der Waals surface area contributed by atoms with Gasteiger partial charge in [-0.2, -0.15) is 19.6 Å². The van der Waals surface area contributed by atoms with E-state index in [-0.39, 0.29) is 5.82 Å². The summed E-state index contributed by atoms with van der Waals surface area (Å²) in [6.07, 6.45) is 9.48. The van der Waals surface area contributed by atoms with Crippen LogP contribution in [0.1, 0.15) is 18.1 Å². The number of para-hydroxylation sites is 1. The van der Waals surface area contributed by atoms with E-state index < -0.39 is 9.39 Å². The maximum atomic E-state index is 14.6. The summed E-state index contributed by atoms with van der Waals surface area (Å²) < 4.78 is 17.8. The predicted octanol–water partition coefficient (Wildman–Crippen LogP) is 4.08. The van der Waals surface area contributed by atoms with Crippen molar-refractivity contribution in [2.75, 3.05) is 6.26 Å². The average molecular weight is 514 g/mol. The van der Waals surface area contributed by atoms with Crippen LogP contribution in [0.4, 0.5) is 4.39 Å². The first-order valence-electron chi connectivity index (χ1n) is 11.6. The summed E-state index contributed by atoms with van der Waals surface area (Å²) in [6, 6.07) is 10.8. The van der Waals surface area contributed by atoms with Gasteiger partial charge in [-0.1, -0.05) is 36.5 Å². The molecule has 5 rings (SSSR count). The van der Waals surface area contributed by atoms with Crippen LogP contribution in [0, 0.1) is 5.82 Å². The molecule has 2 aromatic carbocycles. The lowest BCUT2D eigenvalue weighted by Crippen LogP contribution is -2.21. The summed E-state index contributed by atoms with van der Waals surface area (Å²) in [5.74, 6) is 8.35. The number of nitrogens with zero attached hydrogens (tertiary/aromatic N) is 3. The number of benzene rings is 2. The summed E-state index contributed by atoms with van der Waals surface area (Å²) in [4.78, 5) is 8.18. The number of hydrogen-bond acceptors (Lipinski definition) is 4. The number of aromatic amines is 3. The average Bonchev–Trinajstić information content (AvgIpc) is 3.60. The van der Waals surface area contributed by atoms with Gasteiger partial charge in [-0.15, -0.1) is 0 Å². The fourth-order valence-corrected chi connectivity index (χ4v) is 4.54. The fourth-order valence-electron chi connectivity index (χ4n) is 4.03. The lowest BCUT2D eigenvalue weighted by Gasteiger charge is -2.12. The zero-order valence-corrected chi connectivity index (χ0v) is 21.5. The van der Waals surface area contributed by atoms with Crippen molar-refractivity contribution in [3.05, 3.63) is 82.4 Å². The number of allylic oxidation sites excluding steroid dienone is 2. The van der Waals surface area contributed by atoms with E-state index in [1.165, 1.54) is 12.1 Å². The third-order valence-corrected chi connectivity index (χ3v) is 6.82. The van der Waals surface area contributed by atoms with Crippen molar-refractivity contribution < 1.29 is 4.39 Å². The highest BCUT2D eigenvalue weighted by Gasteiger charge is 2.14. The minimum Gasteiger partial charge on any atom is -0.337 e. The molecule has 0 aliphatic rings. The quantitative estimate of drug-likeness (QED) is 0.247. The number of rotatable bonds is 7. The minimum atomic E-state index is -1.41. The molecule has 9 heteroatoms. The molecule has 0 radical (unpaired) electrons. The van der Waals surface area contributed by atoms with Crippen LogP contribution in [-0.4, -0.2) is 48.4 Å². The molecule has 188 valence electrons. The van der Waals surface area contributed by atoms with Crippen LogP contribution in [0.5, 0.6) is 0 Å². The van der Waals surface area contributed by atoms with Gasteiger partial charge in [0.1, 0.15) is 11.5 Å². The van der Waals surface area contributed by atoms with Crippen LogP contribution in [0.3, 0.4) is 0 Å². The van der Waals surface area contributed by atoms with Crippen molar-refractivity contribution in [1.82, 2.24) is 35.1 Å². The largest absolute Gasteiger partial charge is 0.337 e. The molecule has 0 aliphatic heterocycles. The van der Waals surface area contributed by atoms with E-state index in [0.717, 1.165) is 49.4 Å². The van der Waals surface area contributed by atoms with Crippen molar-refractivity contribution in [3.63, 3.8) is 0 Å². The minimum absolute atomic E-state index is 0.307. The molecule has 7 nitrogen and oxygen atoms in total. The molecule has 4 N–H and O–H groups in total. The molecule has 37 heavy (non-hydrogen) atoms. The molecule has 0 saturated heterocycles. The van der Waals surface area contributed by atoms with E-state index in [4.69, 9.17) is 4.98 Å². The monoisotopic (exact) mass is 513 g/mol. The van der Waals surface area contributed by atoms with Gasteiger partial charge in [0.15, 0.2) is 5.82 Å². The van der Waals surface area contributed by atoms with Crippen molar-refractivity contribution in [3.8, 4) is 22.6 Å². The smallest absolute Gasteiger partial charge is 0.159 e. The van der Waals surface area contributed by atoms with Crippen molar-refractivity contribution >= 4 is 50.4 Å². The lowest BCUT2D eigenvalue weighted by molar-refractivity contribution is 0.625. The molecule has 3 aromatic heterocycles. The maximum Gasteiger partial charge on any atom is 0.159 e. The van der Waals surface area contributed by atoms with Crippen molar-refractivity contribution in [2.45, 2.75) is 13.5 Å². The molecule has 3 heterocycles. The highest BCUT2D eigenvalue weighted by molar-refractivity contribution is 8.25. The van der Waals surface area contributed by atoms with Crippen LogP contribution in [0.15, 0.2) is 54.9 Å². The molecule has 0 aliphatic carbocycles. The number of H-pyrrole nitrogens is 3. The van der Waals surface area contributed by atoms with Gasteiger partial charge in [0, 0.05) is 29.1 Å². The second-order valence-electron chi connectivity index (χ2n) is 9.20. The van der Waals surface area contributed by atoms with E-state index in [2.05, 4.69) is 48.4 Å². The second-order valence-corrected chi connectivity index (χ2v) is 12.0. The number of aromatic nitrogens is 6. The molecular formula is C28H28FN7S. The maximum absolute atomic E-state index is 14.6. The topological polar surface area (TPSA) is 98.1 Å². The number of hydrogen-bond donors (Lipinski definition) is 4. The van der Waals surface area contributed by atoms with Gasteiger partial charge >= 0.3 is 0 Å². The number of nitrogens with one attached hydrogen (secondary N) is 4. The molecule has 0 atom stereocenters.